The van der Waals surface area contributed by atoms with Crippen molar-refractivity contribution >= 4 is 33.5 Å². The van der Waals surface area contributed by atoms with Crippen LogP contribution in [0.4, 0.5) is 5.69 Å². The Morgan fingerprint density at radius 3 is 2.37 bits per heavy atom. The van der Waals surface area contributed by atoms with E-state index in [-0.39, 0.29) is 18.4 Å². The van der Waals surface area contributed by atoms with Gasteiger partial charge in [-0.05, 0) is 38.1 Å². The Morgan fingerprint density at radius 1 is 1.26 bits per heavy atom. The molecule has 0 aromatic heterocycles. The van der Waals surface area contributed by atoms with Crippen molar-refractivity contribution in [1.29, 1.82) is 0 Å². The van der Waals surface area contributed by atoms with E-state index in [2.05, 4.69) is 26.6 Å². The summed E-state index contributed by atoms with van der Waals surface area (Å²) in [5, 5.41) is 14.4. The van der Waals surface area contributed by atoms with Crippen LogP contribution in [0.1, 0.15) is 20.3 Å². The summed E-state index contributed by atoms with van der Waals surface area (Å²) in [6, 6.07) is 6.38. The molecule has 2 atom stereocenters. The smallest absolute Gasteiger partial charge is 0.320 e. The van der Waals surface area contributed by atoms with Gasteiger partial charge in [-0.15, -0.1) is 0 Å². The maximum absolute atomic E-state index is 11.7. The van der Waals surface area contributed by atoms with Gasteiger partial charge in [0.1, 0.15) is 6.04 Å². The Morgan fingerprint density at radius 2 is 1.84 bits per heavy atom. The Bertz CT molecular complexity index is 448. The maximum atomic E-state index is 11.7. The van der Waals surface area contributed by atoms with Gasteiger partial charge in [0.05, 0.1) is 0 Å². The average Bonchev–Trinajstić information content (AvgIpc) is 2.31. The van der Waals surface area contributed by atoms with Gasteiger partial charge in [-0.3, -0.25) is 9.59 Å². The lowest BCUT2D eigenvalue weighted by Gasteiger charge is -2.16. The van der Waals surface area contributed by atoms with Gasteiger partial charge in [-0.2, -0.15) is 0 Å². The van der Waals surface area contributed by atoms with Crippen molar-refractivity contribution < 1.29 is 14.7 Å². The number of carboxylic acids is 1. The molecule has 2 unspecified atom stereocenters. The van der Waals surface area contributed by atoms with Crippen LogP contribution < -0.4 is 10.6 Å². The lowest BCUT2D eigenvalue weighted by Crippen LogP contribution is -2.41. The van der Waals surface area contributed by atoms with Crippen LogP contribution >= 0.6 is 15.9 Å². The summed E-state index contributed by atoms with van der Waals surface area (Å²) in [4.78, 5) is 22.4. The third-order valence-corrected chi connectivity index (χ3v) is 3.05. The van der Waals surface area contributed by atoms with Crippen molar-refractivity contribution in [2.75, 3.05) is 5.32 Å². The summed E-state index contributed by atoms with van der Waals surface area (Å²) in [5.74, 6) is -1.08. The molecule has 0 bridgehead atoms. The zero-order valence-corrected chi connectivity index (χ0v) is 12.4. The minimum absolute atomic E-state index is 0.153. The van der Waals surface area contributed by atoms with Crippen LogP contribution in [-0.4, -0.2) is 29.1 Å². The van der Waals surface area contributed by atoms with Gasteiger partial charge in [0.2, 0.25) is 5.91 Å². The molecule has 1 aromatic carbocycles. The topological polar surface area (TPSA) is 78.4 Å². The molecule has 0 heterocycles. The number of carboxylic acid groups (broad SMARTS) is 1. The summed E-state index contributed by atoms with van der Waals surface area (Å²) < 4.78 is 0.941. The lowest BCUT2D eigenvalue weighted by atomic mass is 10.2. The predicted molar refractivity (Wildman–Crippen MR) is 77.1 cm³/mol. The Hall–Kier alpha value is -1.40. The van der Waals surface area contributed by atoms with Crippen molar-refractivity contribution in [3.63, 3.8) is 0 Å². The van der Waals surface area contributed by atoms with Crippen LogP contribution in [-0.2, 0) is 9.59 Å². The fourth-order valence-corrected chi connectivity index (χ4v) is 1.84. The monoisotopic (exact) mass is 328 g/mol. The number of rotatable bonds is 6. The quantitative estimate of drug-likeness (QED) is 0.748. The average molecular weight is 329 g/mol. The molecule has 1 amide bonds. The molecule has 104 valence electrons. The highest BCUT2D eigenvalue weighted by molar-refractivity contribution is 9.10. The Balaban J connectivity index is 2.42. The largest absolute Gasteiger partial charge is 0.480 e. The van der Waals surface area contributed by atoms with E-state index in [1.54, 1.807) is 26.0 Å². The highest BCUT2D eigenvalue weighted by Gasteiger charge is 2.16. The van der Waals surface area contributed by atoms with Gasteiger partial charge in [0.25, 0.3) is 0 Å². The van der Waals surface area contributed by atoms with E-state index in [4.69, 9.17) is 5.11 Å². The van der Waals surface area contributed by atoms with E-state index in [0.717, 1.165) is 4.47 Å². The van der Waals surface area contributed by atoms with Gasteiger partial charge in [-0.25, -0.2) is 0 Å². The lowest BCUT2D eigenvalue weighted by molar-refractivity contribution is -0.139. The molecule has 0 fully saturated rings. The molecular formula is C13H17BrN2O3. The number of amides is 1. The molecular weight excluding hydrogens is 312 g/mol. The van der Waals surface area contributed by atoms with Gasteiger partial charge >= 0.3 is 5.97 Å². The van der Waals surface area contributed by atoms with Gasteiger partial charge < -0.3 is 15.7 Å². The van der Waals surface area contributed by atoms with Crippen molar-refractivity contribution in [1.82, 2.24) is 5.32 Å². The maximum Gasteiger partial charge on any atom is 0.320 e. The molecule has 0 aliphatic carbocycles. The number of anilines is 1. The predicted octanol–water partition coefficient (Wildman–Crippen LogP) is 2.23. The number of carbonyl (C=O) groups excluding carboxylic acids is 1. The van der Waals surface area contributed by atoms with Crippen molar-refractivity contribution in [3.05, 3.63) is 28.7 Å². The van der Waals surface area contributed by atoms with Crippen molar-refractivity contribution in [2.24, 2.45) is 0 Å². The van der Waals surface area contributed by atoms with Crippen molar-refractivity contribution in [2.45, 2.75) is 32.4 Å². The fraction of sp³-hybridized carbons (Fsp3) is 0.385. The first-order chi connectivity index (χ1) is 8.88. The van der Waals surface area contributed by atoms with Crippen LogP contribution in [0.3, 0.4) is 0 Å². The molecule has 5 nitrogen and oxygen atoms in total. The highest BCUT2D eigenvalue weighted by Crippen LogP contribution is 2.14. The van der Waals surface area contributed by atoms with E-state index < -0.39 is 12.0 Å². The van der Waals surface area contributed by atoms with Gasteiger partial charge in [-0.1, -0.05) is 15.9 Å². The molecule has 3 N–H and O–H groups in total. The number of halogens is 1. The summed E-state index contributed by atoms with van der Waals surface area (Å²) >= 11 is 3.31. The van der Waals surface area contributed by atoms with E-state index in [1.165, 1.54) is 0 Å². The van der Waals surface area contributed by atoms with E-state index in [9.17, 15) is 9.59 Å². The molecule has 0 spiro atoms. The number of nitrogens with one attached hydrogen (secondary N) is 2. The zero-order valence-electron chi connectivity index (χ0n) is 10.8. The molecule has 0 saturated heterocycles. The number of aliphatic carboxylic acids is 1. The summed E-state index contributed by atoms with van der Waals surface area (Å²) in [7, 11) is 0. The molecule has 1 rings (SSSR count). The SMILES string of the molecule is CC(CC(=O)Nc1ccc(Br)cc1)NC(C)C(=O)O. The molecule has 0 saturated carbocycles. The third-order valence-electron chi connectivity index (χ3n) is 2.52. The Labute approximate surface area is 120 Å². The van der Waals surface area contributed by atoms with E-state index in [0.29, 0.717) is 5.69 Å². The molecule has 0 aliphatic rings. The summed E-state index contributed by atoms with van der Waals surface area (Å²) in [6.07, 6.45) is 0.216. The standard InChI is InChI=1S/C13H17BrN2O3/c1-8(15-9(2)13(18)19)7-12(17)16-11-5-3-10(14)4-6-11/h3-6,8-9,15H,7H2,1-2H3,(H,16,17)(H,18,19). The first kappa shape index (κ1) is 15.7. The number of benzene rings is 1. The van der Waals surface area contributed by atoms with Gasteiger partial charge in [0.15, 0.2) is 0 Å². The molecule has 0 radical (unpaired) electrons. The first-order valence-electron chi connectivity index (χ1n) is 5.92. The first-order valence-corrected chi connectivity index (χ1v) is 6.72. The Kier molecular flexibility index (Phi) is 5.98. The van der Waals surface area contributed by atoms with Crippen LogP contribution in [0.5, 0.6) is 0 Å². The molecule has 0 aliphatic heterocycles. The van der Waals surface area contributed by atoms with Crippen molar-refractivity contribution in [3.8, 4) is 0 Å². The van der Waals surface area contributed by atoms with E-state index >= 15 is 0 Å². The van der Waals surface area contributed by atoms with Crippen LogP contribution in [0.2, 0.25) is 0 Å². The second-order valence-corrected chi connectivity index (χ2v) is 5.30. The minimum Gasteiger partial charge on any atom is -0.480 e. The number of hydrogen-bond donors (Lipinski definition) is 3. The molecule has 1 aromatic rings. The number of hydrogen-bond acceptors (Lipinski definition) is 3. The zero-order chi connectivity index (χ0) is 14.4. The summed E-state index contributed by atoms with van der Waals surface area (Å²) in [6.45, 7) is 3.33. The van der Waals surface area contributed by atoms with Gasteiger partial charge in [0, 0.05) is 22.6 Å². The third kappa shape index (κ3) is 5.85. The van der Waals surface area contributed by atoms with Crippen LogP contribution in [0.15, 0.2) is 28.7 Å². The summed E-state index contributed by atoms with van der Waals surface area (Å²) in [5.41, 5.74) is 0.715. The molecule has 6 heteroatoms. The fourth-order valence-electron chi connectivity index (χ4n) is 1.58. The second-order valence-electron chi connectivity index (χ2n) is 4.39. The van der Waals surface area contributed by atoms with Crippen LogP contribution in [0, 0.1) is 0 Å². The van der Waals surface area contributed by atoms with Crippen LogP contribution in [0.25, 0.3) is 0 Å². The second kappa shape index (κ2) is 7.25. The highest BCUT2D eigenvalue weighted by atomic mass is 79.9. The minimum atomic E-state index is -0.930. The number of carbonyl (C=O) groups is 2. The van der Waals surface area contributed by atoms with E-state index in [1.807, 2.05) is 12.1 Å². The normalized spacial score (nSPS) is 13.6. The molecule has 19 heavy (non-hydrogen) atoms.